The van der Waals surface area contributed by atoms with E-state index in [1.165, 1.54) is 11.3 Å². The zero-order chi connectivity index (χ0) is 17.6. The van der Waals surface area contributed by atoms with Gasteiger partial charge in [0.1, 0.15) is 0 Å². The highest BCUT2D eigenvalue weighted by Gasteiger charge is 2.08. The normalized spacial score (nSPS) is 10.1. The molecule has 0 aliphatic rings. The van der Waals surface area contributed by atoms with Crippen molar-refractivity contribution in [2.45, 2.75) is 6.54 Å². The summed E-state index contributed by atoms with van der Waals surface area (Å²) in [4.78, 5) is 16.4. The number of nitrogens with zero attached hydrogens (tertiary/aromatic N) is 2. The van der Waals surface area contributed by atoms with E-state index in [1.54, 1.807) is 24.3 Å². The molecule has 2 amide bonds. The number of nitrogens with one attached hydrogen (secondary N) is 2. The molecule has 0 fully saturated rings. The maximum absolute atomic E-state index is 12.0. The monoisotopic (exact) mass is 368 g/mol. The van der Waals surface area contributed by atoms with Gasteiger partial charge in [0.05, 0.1) is 17.3 Å². The summed E-state index contributed by atoms with van der Waals surface area (Å²) in [6.07, 6.45) is 0. The molecule has 0 saturated heterocycles. The SMILES string of the molecule is N#Cc1ccc(-c2csc(NC(=O)NCc3ccc(Cl)cc3)n2)cc1. The summed E-state index contributed by atoms with van der Waals surface area (Å²) in [7, 11) is 0. The Labute approximate surface area is 153 Å². The molecule has 1 aromatic heterocycles. The van der Waals surface area contributed by atoms with Gasteiger partial charge in [0.15, 0.2) is 5.13 Å². The van der Waals surface area contributed by atoms with Crippen molar-refractivity contribution in [1.82, 2.24) is 10.3 Å². The van der Waals surface area contributed by atoms with Crippen LogP contribution in [0.4, 0.5) is 9.93 Å². The molecule has 0 spiro atoms. The minimum absolute atomic E-state index is 0.323. The van der Waals surface area contributed by atoms with Gasteiger partial charge in [-0.2, -0.15) is 5.26 Å². The second-order valence-electron chi connectivity index (χ2n) is 5.16. The van der Waals surface area contributed by atoms with E-state index in [9.17, 15) is 4.79 Å². The van der Waals surface area contributed by atoms with Crippen molar-refractivity contribution in [3.05, 3.63) is 70.1 Å². The lowest BCUT2D eigenvalue weighted by Gasteiger charge is -2.05. The fourth-order valence-electron chi connectivity index (χ4n) is 2.11. The molecule has 0 saturated carbocycles. The van der Waals surface area contributed by atoms with E-state index in [0.29, 0.717) is 22.3 Å². The molecular formula is C18H13ClN4OS. The predicted molar refractivity (Wildman–Crippen MR) is 99.6 cm³/mol. The molecule has 0 bridgehead atoms. The number of thiazole rings is 1. The van der Waals surface area contributed by atoms with Gasteiger partial charge in [0, 0.05) is 22.5 Å². The summed E-state index contributed by atoms with van der Waals surface area (Å²) >= 11 is 7.17. The van der Waals surface area contributed by atoms with Crippen molar-refractivity contribution in [1.29, 1.82) is 5.26 Å². The van der Waals surface area contributed by atoms with E-state index in [1.807, 2.05) is 29.6 Å². The fraction of sp³-hybridized carbons (Fsp3) is 0.0556. The van der Waals surface area contributed by atoms with Crippen molar-refractivity contribution in [3.8, 4) is 17.3 Å². The number of halogens is 1. The molecule has 5 nitrogen and oxygen atoms in total. The van der Waals surface area contributed by atoms with E-state index < -0.39 is 0 Å². The molecule has 0 unspecified atom stereocenters. The lowest BCUT2D eigenvalue weighted by atomic mass is 10.1. The molecule has 1 heterocycles. The van der Waals surface area contributed by atoms with Gasteiger partial charge in [0.25, 0.3) is 0 Å². The lowest BCUT2D eigenvalue weighted by Crippen LogP contribution is -2.28. The molecule has 3 aromatic rings. The van der Waals surface area contributed by atoms with Gasteiger partial charge in [-0.1, -0.05) is 35.9 Å². The summed E-state index contributed by atoms with van der Waals surface area (Å²) in [6, 6.07) is 16.2. The first-order valence-electron chi connectivity index (χ1n) is 7.39. The van der Waals surface area contributed by atoms with Crippen LogP contribution in [0.5, 0.6) is 0 Å². The van der Waals surface area contributed by atoms with E-state index >= 15 is 0 Å². The highest BCUT2D eigenvalue weighted by molar-refractivity contribution is 7.14. The van der Waals surface area contributed by atoms with Crippen LogP contribution in [0.15, 0.2) is 53.9 Å². The Morgan fingerprint density at radius 2 is 1.88 bits per heavy atom. The highest BCUT2D eigenvalue weighted by atomic mass is 35.5. The average molecular weight is 369 g/mol. The maximum Gasteiger partial charge on any atom is 0.321 e. The minimum Gasteiger partial charge on any atom is -0.334 e. The Kier molecular flexibility index (Phi) is 5.29. The Hall–Kier alpha value is -2.88. The van der Waals surface area contributed by atoms with Gasteiger partial charge in [-0.25, -0.2) is 9.78 Å². The van der Waals surface area contributed by atoms with E-state index in [4.69, 9.17) is 16.9 Å². The number of amides is 2. The Balaban J connectivity index is 1.57. The third-order valence-corrected chi connectivity index (χ3v) is 4.41. The largest absolute Gasteiger partial charge is 0.334 e. The third kappa shape index (κ3) is 4.57. The Morgan fingerprint density at radius 3 is 2.56 bits per heavy atom. The van der Waals surface area contributed by atoms with Gasteiger partial charge in [-0.05, 0) is 29.8 Å². The van der Waals surface area contributed by atoms with Crippen molar-refractivity contribution >= 4 is 34.1 Å². The molecule has 25 heavy (non-hydrogen) atoms. The summed E-state index contributed by atoms with van der Waals surface area (Å²) < 4.78 is 0. The first-order valence-corrected chi connectivity index (χ1v) is 8.65. The second-order valence-corrected chi connectivity index (χ2v) is 6.46. The van der Waals surface area contributed by atoms with Crippen molar-refractivity contribution < 1.29 is 4.79 Å². The summed E-state index contributed by atoms with van der Waals surface area (Å²) in [5, 5.41) is 17.3. The third-order valence-electron chi connectivity index (χ3n) is 3.40. The van der Waals surface area contributed by atoms with Crippen LogP contribution in [0.3, 0.4) is 0 Å². The van der Waals surface area contributed by atoms with E-state index in [2.05, 4.69) is 21.7 Å². The summed E-state index contributed by atoms with van der Waals surface area (Å²) in [6.45, 7) is 0.400. The molecule has 3 rings (SSSR count). The van der Waals surface area contributed by atoms with Gasteiger partial charge in [-0.3, -0.25) is 5.32 Å². The molecule has 0 aliphatic heterocycles. The number of nitriles is 1. The molecule has 0 radical (unpaired) electrons. The first-order chi connectivity index (χ1) is 12.1. The lowest BCUT2D eigenvalue weighted by molar-refractivity contribution is 0.251. The van der Waals surface area contributed by atoms with E-state index in [0.717, 1.165) is 16.8 Å². The zero-order valence-corrected chi connectivity index (χ0v) is 14.6. The standard InChI is InChI=1S/C18H13ClN4OS/c19-15-7-3-13(4-8-15)10-21-17(24)23-18-22-16(11-25-18)14-5-1-12(9-20)2-6-14/h1-8,11H,10H2,(H2,21,22,23,24). The number of anilines is 1. The molecule has 7 heteroatoms. The van der Waals surface area contributed by atoms with Crippen LogP contribution in [0.25, 0.3) is 11.3 Å². The van der Waals surface area contributed by atoms with Crippen LogP contribution >= 0.6 is 22.9 Å². The number of urea groups is 1. The number of aromatic nitrogens is 1. The van der Waals surface area contributed by atoms with Crippen LogP contribution in [0.1, 0.15) is 11.1 Å². The van der Waals surface area contributed by atoms with Crippen LogP contribution in [-0.2, 0) is 6.54 Å². The first kappa shape index (κ1) is 17.0. The van der Waals surface area contributed by atoms with Crippen LogP contribution in [0, 0.1) is 11.3 Å². The van der Waals surface area contributed by atoms with Crippen molar-refractivity contribution in [2.75, 3.05) is 5.32 Å². The maximum atomic E-state index is 12.0. The zero-order valence-electron chi connectivity index (χ0n) is 13.0. The smallest absolute Gasteiger partial charge is 0.321 e. The minimum atomic E-state index is -0.323. The van der Waals surface area contributed by atoms with Gasteiger partial charge >= 0.3 is 6.03 Å². The number of hydrogen-bond donors (Lipinski definition) is 2. The topological polar surface area (TPSA) is 77.8 Å². The van der Waals surface area contributed by atoms with Crippen LogP contribution in [-0.4, -0.2) is 11.0 Å². The molecular weight excluding hydrogens is 356 g/mol. The van der Waals surface area contributed by atoms with E-state index in [-0.39, 0.29) is 6.03 Å². The highest BCUT2D eigenvalue weighted by Crippen LogP contribution is 2.25. The molecule has 124 valence electrons. The fourth-order valence-corrected chi connectivity index (χ4v) is 2.95. The number of carbonyl (C=O) groups is 1. The van der Waals surface area contributed by atoms with Crippen LogP contribution < -0.4 is 10.6 Å². The van der Waals surface area contributed by atoms with Gasteiger partial charge in [-0.15, -0.1) is 11.3 Å². The average Bonchev–Trinajstić information content (AvgIpc) is 3.10. The molecule has 2 aromatic carbocycles. The number of hydrogen-bond acceptors (Lipinski definition) is 4. The number of benzene rings is 2. The molecule has 0 atom stereocenters. The quantitative estimate of drug-likeness (QED) is 0.703. The summed E-state index contributed by atoms with van der Waals surface area (Å²) in [5.41, 5.74) is 3.20. The van der Waals surface area contributed by atoms with Gasteiger partial charge < -0.3 is 5.32 Å². The van der Waals surface area contributed by atoms with Crippen LogP contribution in [0.2, 0.25) is 5.02 Å². The Morgan fingerprint density at radius 1 is 1.16 bits per heavy atom. The number of rotatable bonds is 4. The second kappa shape index (κ2) is 7.79. The predicted octanol–water partition coefficient (Wildman–Crippen LogP) is 4.66. The van der Waals surface area contributed by atoms with Gasteiger partial charge in [0.2, 0.25) is 0 Å². The number of carbonyl (C=O) groups excluding carboxylic acids is 1. The summed E-state index contributed by atoms with van der Waals surface area (Å²) in [5.74, 6) is 0. The molecule has 2 N–H and O–H groups in total. The van der Waals surface area contributed by atoms with Crippen molar-refractivity contribution in [3.63, 3.8) is 0 Å². The van der Waals surface area contributed by atoms with Crippen molar-refractivity contribution in [2.24, 2.45) is 0 Å². The Bertz CT molecular complexity index is 913. The molecule has 0 aliphatic carbocycles.